The summed E-state index contributed by atoms with van der Waals surface area (Å²) in [7, 11) is 0. The zero-order valence-corrected chi connectivity index (χ0v) is 11.9. The van der Waals surface area contributed by atoms with E-state index in [1.165, 1.54) is 4.90 Å². The van der Waals surface area contributed by atoms with E-state index >= 15 is 0 Å². The van der Waals surface area contributed by atoms with Gasteiger partial charge in [0.05, 0.1) is 17.7 Å². The second-order valence-corrected chi connectivity index (χ2v) is 5.65. The molecule has 1 aromatic rings. The van der Waals surface area contributed by atoms with Crippen molar-refractivity contribution in [2.24, 2.45) is 5.41 Å². The van der Waals surface area contributed by atoms with Gasteiger partial charge in [0.1, 0.15) is 5.75 Å². The smallest absolute Gasteiger partial charge is 0.235 e. The Hall–Kier alpha value is -2.04. The van der Waals surface area contributed by atoms with Gasteiger partial charge < -0.3 is 10.5 Å². The first kappa shape index (κ1) is 14.4. The van der Waals surface area contributed by atoms with Gasteiger partial charge in [-0.2, -0.15) is 0 Å². The molecule has 5 nitrogen and oxygen atoms in total. The Bertz CT molecular complexity index is 526. The van der Waals surface area contributed by atoms with Crippen LogP contribution in [-0.4, -0.2) is 29.9 Å². The number of likely N-dealkylation sites (tertiary alicyclic amines) is 1. The van der Waals surface area contributed by atoms with Crippen molar-refractivity contribution in [1.82, 2.24) is 4.90 Å². The predicted octanol–water partition coefficient (Wildman–Crippen LogP) is 1.82. The Morgan fingerprint density at radius 2 is 2.00 bits per heavy atom. The zero-order valence-electron chi connectivity index (χ0n) is 11.9. The van der Waals surface area contributed by atoms with Gasteiger partial charge in [0.15, 0.2) is 0 Å². The molecule has 2 rings (SSSR count). The van der Waals surface area contributed by atoms with Gasteiger partial charge >= 0.3 is 0 Å². The van der Waals surface area contributed by atoms with E-state index in [1.807, 2.05) is 12.1 Å². The van der Waals surface area contributed by atoms with E-state index in [2.05, 4.69) is 0 Å². The van der Waals surface area contributed by atoms with Gasteiger partial charge in [-0.05, 0) is 18.6 Å². The summed E-state index contributed by atoms with van der Waals surface area (Å²) in [4.78, 5) is 25.1. The molecule has 108 valence electrons. The Labute approximate surface area is 118 Å². The molecule has 0 aliphatic carbocycles. The number of ether oxygens (including phenoxy) is 1. The van der Waals surface area contributed by atoms with Crippen molar-refractivity contribution in [3.63, 3.8) is 0 Å². The van der Waals surface area contributed by atoms with Crippen molar-refractivity contribution in [1.29, 1.82) is 0 Å². The summed E-state index contributed by atoms with van der Waals surface area (Å²) in [6.45, 7) is 4.42. The second kappa shape index (κ2) is 5.53. The molecule has 1 aromatic carbocycles. The Balaban J connectivity index is 1.81. The third kappa shape index (κ3) is 2.92. The van der Waals surface area contributed by atoms with Crippen LogP contribution in [0.1, 0.15) is 26.7 Å². The van der Waals surface area contributed by atoms with E-state index in [4.69, 9.17) is 10.5 Å². The second-order valence-electron chi connectivity index (χ2n) is 5.65. The number of benzene rings is 1. The number of amides is 2. The summed E-state index contributed by atoms with van der Waals surface area (Å²) in [5, 5.41) is 0. The van der Waals surface area contributed by atoms with Crippen LogP contribution >= 0.6 is 0 Å². The molecule has 5 heteroatoms. The highest BCUT2D eigenvalue weighted by Crippen LogP contribution is 2.31. The number of carbonyl (C=O) groups excluding carboxylic acids is 2. The minimum Gasteiger partial charge on any atom is -0.491 e. The summed E-state index contributed by atoms with van der Waals surface area (Å²) in [6, 6.07) is 7.25. The van der Waals surface area contributed by atoms with Crippen molar-refractivity contribution >= 4 is 17.5 Å². The molecule has 1 aliphatic rings. The summed E-state index contributed by atoms with van der Waals surface area (Å²) in [5.74, 6) is 0.438. The molecule has 0 radical (unpaired) electrons. The van der Waals surface area contributed by atoms with Crippen LogP contribution in [0, 0.1) is 5.41 Å². The minimum absolute atomic E-state index is 0.0956. The molecule has 1 aliphatic heterocycles. The zero-order chi connectivity index (χ0) is 14.8. The van der Waals surface area contributed by atoms with Crippen LogP contribution in [0.5, 0.6) is 5.75 Å². The molecular weight excluding hydrogens is 256 g/mol. The molecule has 0 aromatic heterocycles. The van der Waals surface area contributed by atoms with Crippen LogP contribution in [0.4, 0.5) is 5.69 Å². The molecule has 20 heavy (non-hydrogen) atoms. The maximum absolute atomic E-state index is 12.0. The maximum atomic E-state index is 12.0. The topological polar surface area (TPSA) is 72.6 Å². The highest BCUT2D eigenvalue weighted by molar-refractivity contribution is 6.05. The first-order valence-corrected chi connectivity index (χ1v) is 6.74. The quantitative estimate of drug-likeness (QED) is 0.506. The predicted molar refractivity (Wildman–Crippen MR) is 76.1 cm³/mol. The molecule has 0 saturated carbocycles. The SMILES string of the molecule is CC1(C)CC(=O)N(CCCOc2ccccc2N)C1=O. The number of anilines is 1. The molecule has 1 fully saturated rings. The van der Waals surface area contributed by atoms with E-state index in [9.17, 15) is 9.59 Å². The lowest BCUT2D eigenvalue weighted by Crippen LogP contribution is -2.34. The minimum atomic E-state index is -0.568. The van der Waals surface area contributed by atoms with E-state index in [-0.39, 0.29) is 11.8 Å². The lowest BCUT2D eigenvalue weighted by molar-refractivity contribution is -0.140. The van der Waals surface area contributed by atoms with Gasteiger partial charge in [-0.3, -0.25) is 14.5 Å². The molecule has 0 spiro atoms. The van der Waals surface area contributed by atoms with Crippen LogP contribution < -0.4 is 10.5 Å². The summed E-state index contributed by atoms with van der Waals surface area (Å²) in [5.41, 5.74) is 5.78. The largest absolute Gasteiger partial charge is 0.491 e. The van der Waals surface area contributed by atoms with Gasteiger partial charge in [0.25, 0.3) is 0 Å². The Morgan fingerprint density at radius 3 is 2.60 bits per heavy atom. The van der Waals surface area contributed by atoms with Crippen molar-refractivity contribution < 1.29 is 14.3 Å². The number of imide groups is 1. The third-order valence-corrected chi connectivity index (χ3v) is 3.42. The van der Waals surface area contributed by atoms with Crippen molar-refractivity contribution in [2.45, 2.75) is 26.7 Å². The lowest BCUT2D eigenvalue weighted by Gasteiger charge is -2.17. The third-order valence-electron chi connectivity index (χ3n) is 3.42. The first-order chi connectivity index (χ1) is 9.42. The lowest BCUT2D eigenvalue weighted by atomic mass is 9.92. The highest BCUT2D eigenvalue weighted by atomic mass is 16.5. The molecular formula is C15H20N2O3. The molecule has 0 bridgehead atoms. The van der Waals surface area contributed by atoms with Crippen LogP contribution in [0.15, 0.2) is 24.3 Å². The Morgan fingerprint density at radius 1 is 1.30 bits per heavy atom. The number of nitrogen functional groups attached to an aromatic ring is 1. The van der Waals surface area contributed by atoms with Crippen LogP contribution in [0.25, 0.3) is 0 Å². The number of carbonyl (C=O) groups is 2. The van der Waals surface area contributed by atoms with Gasteiger partial charge in [0, 0.05) is 13.0 Å². The van der Waals surface area contributed by atoms with Crippen molar-refractivity contribution in [3.05, 3.63) is 24.3 Å². The van der Waals surface area contributed by atoms with Gasteiger partial charge in [-0.1, -0.05) is 26.0 Å². The standard InChI is InChI=1S/C15H20N2O3/c1-15(2)10-13(18)17(14(15)19)8-5-9-20-12-7-4-3-6-11(12)16/h3-4,6-7H,5,8-10,16H2,1-2H3. The van der Waals surface area contributed by atoms with E-state index < -0.39 is 5.41 Å². The molecule has 1 heterocycles. The van der Waals surface area contributed by atoms with E-state index in [0.29, 0.717) is 37.4 Å². The number of rotatable bonds is 5. The fourth-order valence-corrected chi connectivity index (χ4v) is 2.27. The van der Waals surface area contributed by atoms with Crippen LogP contribution in [0.3, 0.4) is 0 Å². The fraction of sp³-hybridized carbons (Fsp3) is 0.467. The summed E-state index contributed by atoms with van der Waals surface area (Å²) in [6.07, 6.45) is 0.889. The van der Waals surface area contributed by atoms with E-state index in [1.54, 1.807) is 26.0 Å². The summed E-state index contributed by atoms with van der Waals surface area (Å²) >= 11 is 0. The van der Waals surface area contributed by atoms with Crippen LogP contribution in [-0.2, 0) is 9.59 Å². The van der Waals surface area contributed by atoms with Gasteiger partial charge in [-0.15, -0.1) is 0 Å². The number of nitrogens with zero attached hydrogens (tertiary/aromatic N) is 1. The monoisotopic (exact) mass is 276 g/mol. The van der Waals surface area contributed by atoms with Crippen molar-refractivity contribution in [2.75, 3.05) is 18.9 Å². The number of nitrogens with two attached hydrogens (primary N) is 1. The molecule has 0 atom stereocenters. The Kier molecular flexibility index (Phi) is 3.97. The normalized spacial score (nSPS) is 17.6. The van der Waals surface area contributed by atoms with E-state index in [0.717, 1.165) is 0 Å². The number of hydrogen-bond donors (Lipinski definition) is 1. The summed E-state index contributed by atoms with van der Waals surface area (Å²) < 4.78 is 5.54. The average molecular weight is 276 g/mol. The molecule has 2 amide bonds. The molecule has 0 unspecified atom stereocenters. The number of hydrogen-bond acceptors (Lipinski definition) is 4. The average Bonchev–Trinajstić information content (AvgIpc) is 2.57. The fourth-order valence-electron chi connectivity index (χ4n) is 2.27. The van der Waals surface area contributed by atoms with Crippen molar-refractivity contribution in [3.8, 4) is 5.75 Å². The highest BCUT2D eigenvalue weighted by Gasteiger charge is 2.44. The van der Waals surface area contributed by atoms with Gasteiger partial charge in [0.2, 0.25) is 11.8 Å². The maximum Gasteiger partial charge on any atom is 0.235 e. The number of para-hydroxylation sites is 2. The van der Waals surface area contributed by atoms with Gasteiger partial charge in [-0.25, -0.2) is 0 Å². The van der Waals surface area contributed by atoms with Crippen LogP contribution in [0.2, 0.25) is 0 Å². The molecule has 2 N–H and O–H groups in total. The first-order valence-electron chi connectivity index (χ1n) is 6.74. The molecule has 1 saturated heterocycles.